The maximum absolute atomic E-state index is 12.6. The van der Waals surface area contributed by atoms with Crippen molar-refractivity contribution in [1.82, 2.24) is 4.90 Å². The molecule has 7 heteroatoms. The van der Waals surface area contributed by atoms with E-state index in [0.717, 1.165) is 30.6 Å². The van der Waals surface area contributed by atoms with Crippen LogP contribution in [0, 0.1) is 11.8 Å². The first-order valence-electron chi connectivity index (χ1n) is 9.70. The molecule has 3 amide bonds. The fourth-order valence-corrected chi connectivity index (χ4v) is 4.20. The number of anilines is 1. The van der Waals surface area contributed by atoms with Crippen LogP contribution in [-0.2, 0) is 14.4 Å². The number of rotatable bonds is 5. The van der Waals surface area contributed by atoms with E-state index < -0.39 is 5.91 Å². The van der Waals surface area contributed by atoms with Crippen LogP contribution in [0.3, 0.4) is 0 Å². The minimum atomic E-state index is -0.467. The second-order valence-electron chi connectivity index (χ2n) is 7.36. The second kappa shape index (κ2) is 8.25. The topological polar surface area (TPSA) is 75.7 Å². The highest BCUT2D eigenvalue weighted by atomic mass is 35.5. The molecule has 1 saturated carbocycles. The highest BCUT2D eigenvalue weighted by Gasteiger charge is 2.48. The van der Waals surface area contributed by atoms with Gasteiger partial charge in [-0.25, -0.2) is 0 Å². The minimum Gasteiger partial charge on any atom is -0.455 e. The number of amides is 3. The lowest BCUT2D eigenvalue weighted by molar-refractivity contribution is -0.142. The van der Waals surface area contributed by atoms with Gasteiger partial charge in [-0.1, -0.05) is 42.6 Å². The summed E-state index contributed by atoms with van der Waals surface area (Å²) in [5.74, 6) is -0.450. The van der Waals surface area contributed by atoms with Crippen molar-refractivity contribution < 1.29 is 19.1 Å². The molecule has 1 N–H and O–H groups in total. The monoisotopic (exact) mass is 412 g/mol. The van der Waals surface area contributed by atoms with Gasteiger partial charge in [0.05, 0.1) is 17.5 Å². The van der Waals surface area contributed by atoms with Gasteiger partial charge in [-0.15, -0.1) is 0 Å². The number of imide groups is 1. The Hall–Kier alpha value is -2.86. The Kier molecular flexibility index (Phi) is 5.53. The lowest BCUT2D eigenvalue weighted by atomic mass is 9.81. The number of nitrogens with zero attached hydrogens (tertiary/aromatic N) is 1. The molecule has 2 aromatic rings. The van der Waals surface area contributed by atoms with Crippen LogP contribution in [0.2, 0.25) is 5.02 Å². The number of halogens is 1. The van der Waals surface area contributed by atoms with Gasteiger partial charge in [-0.05, 0) is 43.2 Å². The van der Waals surface area contributed by atoms with Crippen molar-refractivity contribution in [1.29, 1.82) is 0 Å². The number of hydrogen-bond donors (Lipinski definition) is 1. The Labute approximate surface area is 173 Å². The summed E-state index contributed by atoms with van der Waals surface area (Å²) < 4.78 is 5.83. The molecule has 2 atom stereocenters. The number of hydrogen-bond acceptors (Lipinski definition) is 4. The van der Waals surface area contributed by atoms with Gasteiger partial charge in [-0.2, -0.15) is 0 Å². The summed E-state index contributed by atoms with van der Waals surface area (Å²) in [7, 11) is 0. The molecule has 0 radical (unpaired) electrons. The summed E-state index contributed by atoms with van der Waals surface area (Å²) in [5, 5.41) is 3.16. The summed E-state index contributed by atoms with van der Waals surface area (Å²) in [6, 6.07) is 14.0. The molecular formula is C22H21ClN2O4. The van der Waals surface area contributed by atoms with Crippen molar-refractivity contribution in [2.24, 2.45) is 11.8 Å². The van der Waals surface area contributed by atoms with Crippen LogP contribution in [0.15, 0.2) is 48.5 Å². The fourth-order valence-electron chi connectivity index (χ4n) is 4.02. The molecular weight excluding hydrogens is 392 g/mol. The van der Waals surface area contributed by atoms with E-state index in [2.05, 4.69) is 5.32 Å². The van der Waals surface area contributed by atoms with Gasteiger partial charge in [0.15, 0.2) is 5.75 Å². The summed E-state index contributed by atoms with van der Waals surface area (Å²) in [5.41, 5.74) is 0.378. The zero-order chi connectivity index (χ0) is 20.4. The highest BCUT2D eigenvalue weighted by molar-refractivity contribution is 6.31. The number of para-hydroxylation sites is 1. The van der Waals surface area contributed by atoms with Crippen LogP contribution in [0.4, 0.5) is 5.69 Å². The van der Waals surface area contributed by atoms with Crippen LogP contribution in [0.5, 0.6) is 11.5 Å². The predicted octanol–water partition coefficient (Wildman–Crippen LogP) is 4.25. The molecule has 6 nitrogen and oxygen atoms in total. The van der Waals surface area contributed by atoms with Gasteiger partial charge in [0.1, 0.15) is 12.3 Å². The second-order valence-corrected chi connectivity index (χ2v) is 7.80. The van der Waals surface area contributed by atoms with Crippen LogP contribution >= 0.6 is 11.6 Å². The fraction of sp³-hybridized carbons (Fsp3) is 0.318. The third kappa shape index (κ3) is 4.12. The molecule has 4 rings (SSSR count). The Morgan fingerprint density at radius 1 is 1.03 bits per heavy atom. The van der Waals surface area contributed by atoms with Gasteiger partial charge in [-0.3, -0.25) is 19.3 Å². The Bertz CT molecular complexity index is 923. The van der Waals surface area contributed by atoms with Crippen LogP contribution in [-0.4, -0.2) is 29.2 Å². The van der Waals surface area contributed by atoms with Crippen molar-refractivity contribution >= 4 is 35.0 Å². The summed E-state index contributed by atoms with van der Waals surface area (Å²) in [6.45, 7) is -0.304. The van der Waals surface area contributed by atoms with Crippen molar-refractivity contribution in [2.75, 3.05) is 11.9 Å². The zero-order valence-corrected chi connectivity index (χ0v) is 16.5. The van der Waals surface area contributed by atoms with Crippen molar-refractivity contribution in [3.63, 3.8) is 0 Å². The maximum Gasteiger partial charge on any atom is 0.244 e. The van der Waals surface area contributed by atoms with Gasteiger partial charge < -0.3 is 10.1 Å². The zero-order valence-electron chi connectivity index (χ0n) is 15.8. The van der Waals surface area contributed by atoms with E-state index >= 15 is 0 Å². The van der Waals surface area contributed by atoms with E-state index in [9.17, 15) is 14.4 Å². The molecule has 2 aliphatic rings. The molecule has 0 aromatic heterocycles. The number of benzene rings is 2. The average molecular weight is 413 g/mol. The minimum absolute atomic E-state index is 0.235. The predicted molar refractivity (Wildman–Crippen MR) is 109 cm³/mol. The number of nitrogens with one attached hydrogen (secondary N) is 1. The van der Waals surface area contributed by atoms with Crippen molar-refractivity contribution in [3.8, 4) is 11.5 Å². The Morgan fingerprint density at radius 3 is 2.34 bits per heavy atom. The first kappa shape index (κ1) is 19.5. The van der Waals surface area contributed by atoms with Crippen molar-refractivity contribution in [3.05, 3.63) is 53.6 Å². The van der Waals surface area contributed by atoms with Crippen molar-refractivity contribution in [2.45, 2.75) is 25.7 Å². The Morgan fingerprint density at radius 2 is 1.69 bits per heavy atom. The normalized spacial score (nSPS) is 21.1. The molecule has 2 unspecified atom stereocenters. The number of carbonyl (C=O) groups is 3. The SMILES string of the molecule is O=C(CN1C(=O)C2CCCCC2C1=O)Nc1cc(Cl)ccc1Oc1ccccc1. The summed E-state index contributed by atoms with van der Waals surface area (Å²) >= 11 is 6.08. The first-order valence-corrected chi connectivity index (χ1v) is 10.1. The quantitative estimate of drug-likeness (QED) is 0.745. The molecule has 0 spiro atoms. The number of fused-ring (bicyclic) bond motifs is 1. The summed E-state index contributed by atoms with van der Waals surface area (Å²) in [4.78, 5) is 38.9. The van der Waals surface area contributed by atoms with E-state index in [0.29, 0.717) is 22.2 Å². The molecule has 2 aromatic carbocycles. The number of ether oxygens (including phenoxy) is 1. The van der Waals surface area contributed by atoms with Gasteiger partial charge in [0.25, 0.3) is 0 Å². The molecule has 1 saturated heterocycles. The van der Waals surface area contributed by atoms with Gasteiger partial charge in [0.2, 0.25) is 17.7 Å². The molecule has 150 valence electrons. The average Bonchev–Trinajstić information content (AvgIpc) is 2.96. The Balaban J connectivity index is 1.48. The van der Waals surface area contributed by atoms with Gasteiger partial charge in [0, 0.05) is 5.02 Å². The van der Waals surface area contributed by atoms with E-state index in [-0.39, 0.29) is 30.2 Å². The van der Waals surface area contributed by atoms with Gasteiger partial charge >= 0.3 is 0 Å². The molecule has 1 aliphatic heterocycles. The molecule has 1 heterocycles. The largest absolute Gasteiger partial charge is 0.455 e. The molecule has 2 fully saturated rings. The third-order valence-corrected chi connectivity index (χ3v) is 5.66. The van der Waals surface area contributed by atoms with E-state index in [1.54, 1.807) is 30.3 Å². The van der Waals surface area contributed by atoms with Crippen LogP contribution < -0.4 is 10.1 Å². The number of carbonyl (C=O) groups excluding carboxylic acids is 3. The standard InChI is InChI=1S/C22H21ClN2O4/c23-14-10-11-19(29-15-6-2-1-3-7-15)18(12-14)24-20(26)13-25-21(27)16-8-4-5-9-17(16)22(25)28/h1-3,6-7,10-12,16-17H,4-5,8-9,13H2,(H,24,26). The van der Waals surface area contributed by atoms with Crippen LogP contribution in [0.1, 0.15) is 25.7 Å². The lowest BCUT2D eigenvalue weighted by Gasteiger charge is -2.19. The molecule has 29 heavy (non-hydrogen) atoms. The lowest BCUT2D eigenvalue weighted by Crippen LogP contribution is -2.38. The third-order valence-electron chi connectivity index (χ3n) is 5.42. The first-order chi connectivity index (χ1) is 14.0. The van der Waals surface area contributed by atoms with E-state index in [1.165, 1.54) is 0 Å². The van der Waals surface area contributed by atoms with E-state index in [1.807, 2.05) is 18.2 Å². The summed E-state index contributed by atoms with van der Waals surface area (Å²) in [6.07, 6.45) is 3.33. The smallest absolute Gasteiger partial charge is 0.244 e. The molecule has 1 aliphatic carbocycles. The van der Waals surface area contributed by atoms with Crippen LogP contribution in [0.25, 0.3) is 0 Å². The number of likely N-dealkylation sites (tertiary alicyclic amines) is 1. The maximum atomic E-state index is 12.6. The molecule has 0 bridgehead atoms. The highest BCUT2D eigenvalue weighted by Crippen LogP contribution is 2.38. The van der Waals surface area contributed by atoms with E-state index in [4.69, 9.17) is 16.3 Å².